The molecule has 0 fully saturated rings. The van der Waals surface area contributed by atoms with E-state index in [0.717, 1.165) is 24.4 Å². The lowest BCUT2D eigenvalue weighted by atomic mass is 10.0. The van der Waals surface area contributed by atoms with Gasteiger partial charge < -0.3 is 5.11 Å². The Hall–Kier alpha value is -1.39. The molecule has 2 rings (SSSR count). The first-order valence-electron chi connectivity index (χ1n) is 7.21. The number of halogens is 2. The zero-order valence-corrected chi connectivity index (χ0v) is 13.1. The topological polar surface area (TPSA) is 38.0 Å². The van der Waals surface area contributed by atoms with Crippen molar-refractivity contribution in [1.29, 1.82) is 0 Å². The number of aromatic nitrogens is 2. The molecule has 0 aliphatic carbocycles. The zero-order valence-electron chi connectivity index (χ0n) is 12.3. The average molecular weight is 311 g/mol. The standard InChI is InChI=1S/C16H20ClFN2O/c1-3-12-9-13(20(4-2)19-12)10-14(21)8-11-6-5-7-15(17)16(11)18/h5-7,9,14,21H,3-4,8,10H2,1-2H3. The lowest BCUT2D eigenvalue weighted by Gasteiger charge is -2.12. The number of hydrogen-bond acceptors (Lipinski definition) is 2. The van der Waals surface area contributed by atoms with E-state index in [1.54, 1.807) is 12.1 Å². The highest BCUT2D eigenvalue weighted by atomic mass is 35.5. The first-order valence-corrected chi connectivity index (χ1v) is 7.59. The molecule has 21 heavy (non-hydrogen) atoms. The van der Waals surface area contributed by atoms with Crippen LogP contribution in [0, 0.1) is 5.82 Å². The van der Waals surface area contributed by atoms with Gasteiger partial charge >= 0.3 is 0 Å². The minimum Gasteiger partial charge on any atom is -0.392 e. The molecule has 0 radical (unpaired) electrons. The van der Waals surface area contributed by atoms with Gasteiger partial charge in [0.2, 0.25) is 0 Å². The van der Waals surface area contributed by atoms with Crippen molar-refractivity contribution in [3.05, 3.63) is 52.1 Å². The molecule has 0 aliphatic heterocycles. The second-order valence-electron chi connectivity index (χ2n) is 5.07. The Bertz CT molecular complexity index is 612. The predicted octanol–water partition coefficient (Wildman–Crippen LogP) is 3.40. The van der Waals surface area contributed by atoms with Crippen LogP contribution >= 0.6 is 11.6 Å². The molecular formula is C16H20ClFN2O. The summed E-state index contributed by atoms with van der Waals surface area (Å²) in [4.78, 5) is 0. The van der Waals surface area contributed by atoms with Gasteiger partial charge in [0.25, 0.3) is 0 Å². The number of rotatable bonds is 6. The number of aliphatic hydroxyl groups excluding tert-OH is 1. The van der Waals surface area contributed by atoms with E-state index in [1.807, 2.05) is 24.6 Å². The number of nitrogens with zero attached hydrogens (tertiary/aromatic N) is 2. The van der Waals surface area contributed by atoms with Gasteiger partial charge in [-0.25, -0.2) is 4.39 Å². The molecule has 0 amide bonds. The van der Waals surface area contributed by atoms with Crippen LogP contribution in [0.15, 0.2) is 24.3 Å². The van der Waals surface area contributed by atoms with Gasteiger partial charge in [0.1, 0.15) is 5.82 Å². The number of hydrogen-bond donors (Lipinski definition) is 1. The maximum atomic E-state index is 13.8. The van der Waals surface area contributed by atoms with Crippen molar-refractivity contribution in [2.45, 2.75) is 45.8 Å². The van der Waals surface area contributed by atoms with Crippen LogP contribution < -0.4 is 0 Å². The molecule has 114 valence electrons. The summed E-state index contributed by atoms with van der Waals surface area (Å²) >= 11 is 5.76. The van der Waals surface area contributed by atoms with Crippen molar-refractivity contribution < 1.29 is 9.50 Å². The molecule has 0 bridgehead atoms. The summed E-state index contributed by atoms with van der Waals surface area (Å²) in [6.45, 7) is 4.82. The highest BCUT2D eigenvalue weighted by molar-refractivity contribution is 6.30. The van der Waals surface area contributed by atoms with Crippen LogP contribution in [0.2, 0.25) is 5.02 Å². The predicted molar refractivity (Wildman–Crippen MR) is 82.1 cm³/mol. The summed E-state index contributed by atoms with van der Waals surface area (Å²) in [6.07, 6.45) is 0.888. The zero-order chi connectivity index (χ0) is 15.4. The van der Waals surface area contributed by atoms with Crippen molar-refractivity contribution in [1.82, 2.24) is 9.78 Å². The van der Waals surface area contributed by atoms with Crippen LogP contribution in [0.3, 0.4) is 0 Å². The smallest absolute Gasteiger partial charge is 0.145 e. The molecule has 1 unspecified atom stereocenters. The van der Waals surface area contributed by atoms with E-state index in [4.69, 9.17) is 11.6 Å². The van der Waals surface area contributed by atoms with Crippen LogP contribution in [0.25, 0.3) is 0 Å². The number of aryl methyl sites for hydroxylation is 2. The highest BCUT2D eigenvalue weighted by Gasteiger charge is 2.15. The lowest BCUT2D eigenvalue weighted by Crippen LogP contribution is -2.17. The van der Waals surface area contributed by atoms with E-state index < -0.39 is 11.9 Å². The van der Waals surface area contributed by atoms with E-state index in [1.165, 1.54) is 6.07 Å². The Morgan fingerprint density at radius 1 is 1.33 bits per heavy atom. The van der Waals surface area contributed by atoms with Gasteiger partial charge in [-0.2, -0.15) is 5.10 Å². The molecule has 0 saturated heterocycles. The van der Waals surface area contributed by atoms with Crippen LogP contribution in [0.5, 0.6) is 0 Å². The molecule has 1 atom stereocenters. The van der Waals surface area contributed by atoms with Gasteiger partial charge in [-0.05, 0) is 31.0 Å². The van der Waals surface area contributed by atoms with E-state index in [2.05, 4.69) is 5.10 Å². The maximum absolute atomic E-state index is 13.8. The van der Waals surface area contributed by atoms with Crippen molar-refractivity contribution in [3.63, 3.8) is 0 Å². The normalized spacial score (nSPS) is 12.6. The van der Waals surface area contributed by atoms with Crippen LogP contribution in [0.1, 0.15) is 30.8 Å². The molecular weight excluding hydrogens is 291 g/mol. The molecule has 1 heterocycles. The molecule has 1 aromatic carbocycles. The molecule has 3 nitrogen and oxygen atoms in total. The third-order valence-electron chi connectivity index (χ3n) is 3.51. The summed E-state index contributed by atoms with van der Waals surface area (Å²) in [5, 5.41) is 14.8. The Kier molecular flexibility index (Phi) is 5.37. The van der Waals surface area contributed by atoms with Gasteiger partial charge in [0.15, 0.2) is 0 Å². The molecule has 5 heteroatoms. The molecule has 0 aliphatic rings. The van der Waals surface area contributed by atoms with Gasteiger partial charge in [-0.15, -0.1) is 0 Å². The Morgan fingerprint density at radius 3 is 2.76 bits per heavy atom. The monoisotopic (exact) mass is 310 g/mol. The summed E-state index contributed by atoms with van der Waals surface area (Å²) in [5.74, 6) is -0.448. The first kappa shape index (κ1) is 16.0. The van der Waals surface area contributed by atoms with Gasteiger partial charge in [0, 0.05) is 25.1 Å². The Morgan fingerprint density at radius 2 is 2.10 bits per heavy atom. The molecule has 1 aromatic heterocycles. The van der Waals surface area contributed by atoms with E-state index in [0.29, 0.717) is 12.0 Å². The third-order valence-corrected chi connectivity index (χ3v) is 3.80. The fourth-order valence-corrected chi connectivity index (χ4v) is 2.59. The minimum atomic E-state index is -0.662. The van der Waals surface area contributed by atoms with Gasteiger partial charge in [0.05, 0.1) is 16.8 Å². The quantitative estimate of drug-likeness (QED) is 0.888. The first-order chi connectivity index (χ1) is 10.0. The van der Waals surface area contributed by atoms with E-state index in [9.17, 15) is 9.50 Å². The SMILES string of the molecule is CCc1cc(CC(O)Cc2cccc(Cl)c2F)n(CC)n1. The number of benzene rings is 1. The molecule has 1 N–H and O–H groups in total. The van der Waals surface area contributed by atoms with E-state index in [-0.39, 0.29) is 11.4 Å². The fraction of sp³-hybridized carbons (Fsp3) is 0.438. The summed E-state index contributed by atoms with van der Waals surface area (Å²) in [7, 11) is 0. The summed E-state index contributed by atoms with van der Waals surface area (Å²) in [5.41, 5.74) is 2.42. The van der Waals surface area contributed by atoms with Gasteiger partial charge in [-0.3, -0.25) is 4.68 Å². The van der Waals surface area contributed by atoms with Crippen LogP contribution in [0.4, 0.5) is 4.39 Å². The fourth-order valence-electron chi connectivity index (χ4n) is 2.40. The Labute approximate surface area is 129 Å². The second-order valence-corrected chi connectivity index (χ2v) is 5.48. The number of aliphatic hydroxyl groups is 1. The third kappa shape index (κ3) is 3.83. The second kappa shape index (κ2) is 7.05. The van der Waals surface area contributed by atoms with Crippen molar-refractivity contribution >= 4 is 11.6 Å². The molecule has 0 spiro atoms. The molecule has 0 saturated carbocycles. The molecule has 2 aromatic rings. The van der Waals surface area contributed by atoms with Crippen molar-refractivity contribution in [2.75, 3.05) is 0 Å². The van der Waals surface area contributed by atoms with Crippen LogP contribution in [-0.2, 0) is 25.8 Å². The summed E-state index contributed by atoms with van der Waals surface area (Å²) < 4.78 is 15.7. The Balaban J connectivity index is 2.09. The highest BCUT2D eigenvalue weighted by Crippen LogP contribution is 2.20. The van der Waals surface area contributed by atoms with Crippen molar-refractivity contribution in [2.24, 2.45) is 0 Å². The average Bonchev–Trinajstić information content (AvgIpc) is 2.86. The minimum absolute atomic E-state index is 0.0894. The van der Waals surface area contributed by atoms with Crippen LogP contribution in [-0.4, -0.2) is 21.0 Å². The van der Waals surface area contributed by atoms with Gasteiger partial charge in [-0.1, -0.05) is 30.7 Å². The summed E-state index contributed by atoms with van der Waals surface area (Å²) in [6, 6.07) is 6.85. The van der Waals surface area contributed by atoms with Crippen molar-refractivity contribution in [3.8, 4) is 0 Å². The lowest BCUT2D eigenvalue weighted by molar-refractivity contribution is 0.171. The maximum Gasteiger partial charge on any atom is 0.145 e. The largest absolute Gasteiger partial charge is 0.392 e. The van der Waals surface area contributed by atoms with E-state index >= 15 is 0 Å².